The van der Waals surface area contributed by atoms with Crippen LogP contribution in [0.25, 0.3) is 0 Å². The number of aryl methyl sites for hydroxylation is 1. The smallest absolute Gasteiger partial charge is 0.222 e. The number of nitrogens with two attached hydrogens (primary N) is 1. The molecule has 22 heavy (non-hydrogen) atoms. The molecule has 2 rings (SSSR count). The molecule has 1 amide bonds. The third-order valence-electron chi connectivity index (χ3n) is 3.34. The first-order valence-corrected chi connectivity index (χ1v) is 7.47. The fourth-order valence-corrected chi connectivity index (χ4v) is 2.22. The maximum Gasteiger partial charge on any atom is 0.222 e. The van der Waals surface area contributed by atoms with Crippen LogP contribution >= 0.6 is 11.6 Å². The van der Waals surface area contributed by atoms with E-state index >= 15 is 0 Å². The lowest BCUT2D eigenvalue weighted by Crippen LogP contribution is -2.26. The molecule has 116 valence electrons. The van der Waals surface area contributed by atoms with Crippen LogP contribution in [-0.2, 0) is 17.8 Å². The number of anilines is 1. The molecule has 0 unspecified atom stereocenters. The fraction of sp³-hybridized carbons (Fsp3) is 0.312. The van der Waals surface area contributed by atoms with Crippen molar-refractivity contribution in [2.45, 2.75) is 25.8 Å². The first kappa shape index (κ1) is 16.2. The summed E-state index contributed by atoms with van der Waals surface area (Å²) >= 11 is 5.85. The van der Waals surface area contributed by atoms with Crippen LogP contribution in [0.4, 0.5) is 5.95 Å². The Labute approximate surface area is 135 Å². The Bertz CT molecular complexity index is 613. The number of nitrogen functional groups attached to an aromatic ring is 1. The third-order valence-corrected chi connectivity index (χ3v) is 3.59. The highest BCUT2D eigenvalue weighted by atomic mass is 35.5. The Morgan fingerprint density at radius 3 is 2.45 bits per heavy atom. The quantitative estimate of drug-likeness (QED) is 0.888. The monoisotopic (exact) mass is 318 g/mol. The van der Waals surface area contributed by atoms with Gasteiger partial charge in [0.25, 0.3) is 0 Å². The zero-order valence-electron chi connectivity index (χ0n) is 12.5. The van der Waals surface area contributed by atoms with Gasteiger partial charge in [0, 0.05) is 43.0 Å². The van der Waals surface area contributed by atoms with Gasteiger partial charge in [0.2, 0.25) is 11.9 Å². The fourth-order valence-electron chi connectivity index (χ4n) is 2.09. The van der Waals surface area contributed by atoms with Crippen LogP contribution in [-0.4, -0.2) is 27.8 Å². The second-order valence-electron chi connectivity index (χ2n) is 5.18. The largest absolute Gasteiger partial charge is 0.368 e. The van der Waals surface area contributed by atoms with Crippen LogP contribution in [0.15, 0.2) is 36.7 Å². The van der Waals surface area contributed by atoms with Crippen LogP contribution in [0.1, 0.15) is 24.0 Å². The molecule has 1 heterocycles. The molecule has 0 bridgehead atoms. The molecule has 6 heteroatoms. The summed E-state index contributed by atoms with van der Waals surface area (Å²) < 4.78 is 0. The van der Waals surface area contributed by atoms with E-state index < -0.39 is 0 Å². The van der Waals surface area contributed by atoms with Gasteiger partial charge in [-0.05, 0) is 30.5 Å². The van der Waals surface area contributed by atoms with Crippen molar-refractivity contribution in [1.82, 2.24) is 14.9 Å². The van der Waals surface area contributed by atoms with Crippen molar-refractivity contribution in [2.75, 3.05) is 12.8 Å². The standard InChI is InChI=1S/C16H19ClN4O/c1-21(11-13-9-19-16(18)20-10-13)15(22)4-2-3-12-5-7-14(17)8-6-12/h5-10H,2-4,11H2,1H3,(H2,18,19,20). The van der Waals surface area contributed by atoms with Crippen molar-refractivity contribution >= 4 is 23.5 Å². The molecular formula is C16H19ClN4O. The summed E-state index contributed by atoms with van der Waals surface area (Å²) in [6, 6.07) is 7.71. The highest BCUT2D eigenvalue weighted by Gasteiger charge is 2.09. The zero-order chi connectivity index (χ0) is 15.9. The van der Waals surface area contributed by atoms with Crippen LogP contribution in [0.2, 0.25) is 5.02 Å². The van der Waals surface area contributed by atoms with E-state index in [1.54, 1.807) is 24.3 Å². The van der Waals surface area contributed by atoms with Crippen molar-refractivity contribution in [3.05, 3.63) is 52.8 Å². The molecule has 0 aliphatic carbocycles. The lowest BCUT2D eigenvalue weighted by molar-refractivity contribution is -0.130. The molecule has 5 nitrogen and oxygen atoms in total. The molecule has 0 saturated heterocycles. The molecule has 2 aromatic rings. The van der Waals surface area contributed by atoms with Crippen molar-refractivity contribution in [2.24, 2.45) is 0 Å². The van der Waals surface area contributed by atoms with Gasteiger partial charge in [0.1, 0.15) is 0 Å². The van der Waals surface area contributed by atoms with Crippen LogP contribution in [0.3, 0.4) is 0 Å². The van der Waals surface area contributed by atoms with E-state index in [0.717, 1.165) is 23.4 Å². The number of hydrogen-bond donors (Lipinski definition) is 1. The summed E-state index contributed by atoms with van der Waals surface area (Å²) in [5, 5.41) is 0.727. The van der Waals surface area contributed by atoms with E-state index in [9.17, 15) is 4.79 Å². The average Bonchev–Trinajstić information content (AvgIpc) is 2.51. The van der Waals surface area contributed by atoms with E-state index in [0.29, 0.717) is 13.0 Å². The topological polar surface area (TPSA) is 72.1 Å². The SMILES string of the molecule is CN(Cc1cnc(N)nc1)C(=O)CCCc1ccc(Cl)cc1. The van der Waals surface area contributed by atoms with Gasteiger partial charge in [0.15, 0.2) is 0 Å². The summed E-state index contributed by atoms with van der Waals surface area (Å²) in [6.45, 7) is 0.486. The van der Waals surface area contributed by atoms with Crippen molar-refractivity contribution in [3.63, 3.8) is 0 Å². The minimum absolute atomic E-state index is 0.103. The molecular weight excluding hydrogens is 300 g/mol. The number of amides is 1. The van der Waals surface area contributed by atoms with E-state index in [4.69, 9.17) is 17.3 Å². The summed E-state index contributed by atoms with van der Waals surface area (Å²) in [5.74, 6) is 0.339. The number of nitrogens with zero attached hydrogens (tertiary/aromatic N) is 3. The molecule has 0 spiro atoms. The second-order valence-corrected chi connectivity index (χ2v) is 5.62. The number of benzene rings is 1. The highest BCUT2D eigenvalue weighted by molar-refractivity contribution is 6.30. The molecule has 0 aliphatic heterocycles. The Morgan fingerprint density at radius 2 is 1.82 bits per heavy atom. The van der Waals surface area contributed by atoms with Gasteiger partial charge in [-0.2, -0.15) is 0 Å². The van der Waals surface area contributed by atoms with Gasteiger partial charge in [-0.3, -0.25) is 4.79 Å². The molecule has 2 N–H and O–H groups in total. The molecule has 1 aromatic carbocycles. The Kier molecular flexibility index (Phi) is 5.72. The highest BCUT2D eigenvalue weighted by Crippen LogP contribution is 2.12. The number of rotatable bonds is 6. The minimum Gasteiger partial charge on any atom is -0.368 e. The maximum atomic E-state index is 12.1. The van der Waals surface area contributed by atoms with Crippen molar-refractivity contribution in [1.29, 1.82) is 0 Å². The second kappa shape index (κ2) is 7.75. The zero-order valence-corrected chi connectivity index (χ0v) is 13.3. The Balaban J connectivity index is 1.76. The number of hydrogen-bond acceptors (Lipinski definition) is 4. The molecule has 0 aliphatic rings. The van der Waals surface area contributed by atoms with Gasteiger partial charge < -0.3 is 10.6 Å². The molecule has 1 aromatic heterocycles. The van der Waals surface area contributed by atoms with Crippen LogP contribution < -0.4 is 5.73 Å². The molecule has 0 saturated carbocycles. The lowest BCUT2D eigenvalue weighted by atomic mass is 10.1. The van der Waals surface area contributed by atoms with Gasteiger partial charge in [-0.1, -0.05) is 23.7 Å². The lowest BCUT2D eigenvalue weighted by Gasteiger charge is -2.17. The molecule has 0 radical (unpaired) electrons. The van der Waals surface area contributed by atoms with Gasteiger partial charge >= 0.3 is 0 Å². The number of carbonyl (C=O) groups is 1. The summed E-state index contributed by atoms with van der Waals surface area (Å²) in [7, 11) is 1.78. The molecule has 0 fully saturated rings. The first-order valence-electron chi connectivity index (χ1n) is 7.09. The van der Waals surface area contributed by atoms with E-state index in [1.807, 2.05) is 24.3 Å². The van der Waals surface area contributed by atoms with Crippen molar-refractivity contribution in [3.8, 4) is 0 Å². The van der Waals surface area contributed by atoms with Crippen molar-refractivity contribution < 1.29 is 4.79 Å². The average molecular weight is 319 g/mol. The van der Waals surface area contributed by atoms with E-state index in [-0.39, 0.29) is 11.9 Å². The van der Waals surface area contributed by atoms with Gasteiger partial charge in [0.05, 0.1) is 0 Å². The summed E-state index contributed by atoms with van der Waals surface area (Å²) in [5.41, 5.74) is 7.49. The molecule has 0 atom stereocenters. The summed E-state index contributed by atoms with van der Waals surface area (Å²) in [4.78, 5) is 21.6. The van der Waals surface area contributed by atoms with Crippen LogP contribution in [0.5, 0.6) is 0 Å². The van der Waals surface area contributed by atoms with E-state index in [2.05, 4.69) is 9.97 Å². The van der Waals surface area contributed by atoms with Gasteiger partial charge in [-0.25, -0.2) is 9.97 Å². The third kappa shape index (κ3) is 5.00. The number of aromatic nitrogens is 2. The van der Waals surface area contributed by atoms with Crippen LogP contribution in [0, 0.1) is 0 Å². The number of carbonyl (C=O) groups excluding carboxylic acids is 1. The normalized spacial score (nSPS) is 10.5. The minimum atomic E-state index is 0.103. The summed E-state index contributed by atoms with van der Waals surface area (Å²) in [6.07, 6.45) is 5.46. The predicted octanol–water partition coefficient (Wildman–Crippen LogP) is 2.69. The first-order chi connectivity index (χ1) is 10.5. The predicted molar refractivity (Wildman–Crippen MR) is 87.3 cm³/mol. The maximum absolute atomic E-state index is 12.1. The Hall–Kier alpha value is -2.14. The number of halogens is 1. The van der Waals surface area contributed by atoms with E-state index in [1.165, 1.54) is 5.56 Å². The Morgan fingerprint density at radius 1 is 1.18 bits per heavy atom. The van der Waals surface area contributed by atoms with Gasteiger partial charge in [-0.15, -0.1) is 0 Å².